The van der Waals surface area contributed by atoms with Crippen LogP contribution in [0.3, 0.4) is 0 Å². The molecule has 0 aliphatic rings. The Morgan fingerprint density at radius 3 is 2.50 bits per heavy atom. The molecule has 70 valence electrons. The van der Waals surface area contributed by atoms with Crippen LogP contribution in [0.2, 0.25) is 0 Å². The summed E-state index contributed by atoms with van der Waals surface area (Å²) < 4.78 is 0. The van der Waals surface area contributed by atoms with Crippen molar-refractivity contribution in [3.63, 3.8) is 0 Å². The van der Waals surface area contributed by atoms with E-state index >= 15 is 0 Å². The summed E-state index contributed by atoms with van der Waals surface area (Å²) >= 11 is 0. The number of rotatable bonds is 5. The predicted octanol–water partition coefficient (Wildman–Crippen LogP) is 1.51. The fraction of sp³-hybridized carbons (Fsp3) is 0.700. The molecule has 0 N–H and O–H groups in total. The summed E-state index contributed by atoms with van der Waals surface area (Å²) in [6.07, 6.45) is 4.21. The lowest BCUT2D eigenvalue weighted by Gasteiger charge is -2.09. The molecule has 0 amide bonds. The zero-order valence-electron chi connectivity index (χ0n) is 8.09. The van der Waals surface area contributed by atoms with Crippen molar-refractivity contribution in [3.05, 3.63) is 11.6 Å². The van der Waals surface area contributed by atoms with Crippen molar-refractivity contribution in [2.24, 2.45) is 5.92 Å². The van der Waals surface area contributed by atoms with Gasteiger partial charge in [0.05, 0.1) is 0 Å². The van der Waals surface area contributed by atoms with Gasteiger partial charge in [0.25, 0.3) is 0 Å². The van der Waals surface area contributed by atoms with Crippen LogP contribution < -0.4 is 5.11 Å². The van der Waals surface area contributed by atoms with Gasteiger partial charge in [-0.2, -0.15) is 0 Å². The van der Waals surface area contributed by atoms with Gasteiger partial charge in [-0.15, -0.1) is 0 Å². The Kier molecular flexibility index (Phi) is 5.43. The molecule has 0 aromatic rings. The Morgan fingerprint density at radius 2 is 2.08 bits per heavy atom. The van der Waals surface area contributed by atoms with Gasteiger partial charge in [0, 0.05) is 5.97 Å². The number of carbonyl (C=O) groups is 1. The third kappa shape index (κ3) is 7.32. The molecule has 0 radical (unpaired) electrons. The van der Waals surface area contributed by atoms with Crippen molar-refractivity contribution >= 4 is 5.97 Å². The molecule has 0 saturated heterocycles. The summed E-state index contributed by atoms with van der Waals surface area (Å²) in [6.45, 7) is 6.03. The topological polar surface area (TPSA) is 40.1 Å². The Balaban J connectivity index is 3.50. The smallest absolute Gasteiger partial charge is 0.0416 e. The second kappa shape index (κ2) is 5.81. The molecular formula is C10H17O2-. The number of hydrogen-bond acceptors (Lipinski definition) is 2. The number of carboxylic acids is 1. The van der Waals surface area contributed by atoms with Crippen LogP contribution >= 0.6 is 0 Å². The number of allylic oxidation sites excluding steroid dienone is 2. The van der Waals surface area contributed by atoms with Crippen molar-refractivity contribution in [2.75, 3.05) is 0 Å². The first kappa shape index (κ1) is 11.2. The summed E-state index contributed by atoms with van der Waals surface area (Å²) in [4.78, 5) is 10.2. The highest BCUT2D eigenvalue weighted by molar-refractivity contribution is 5.64. The maximum absolute atomic E-state index is 10.2. The van der Waals surface area contributed by atoms with E-state index in [0.29, 0.717) is 0 Å². The van der Waals surface area contributed by atoms with Crippen molar-refractivity contribution in [1.29, 1.82) is 0 Å². The highest BCUT2D eigenvalue weighted by atomic mass is 16.4. The summed E-state index contributed by atoms with van der Waals surface area (Å²) in [5, 5.41) is 10.2. The maximum atomic E-state index is 10.2. The van der Waals surface area contributed by atoms with Crippen LogP contribution in [-0.4, -0.2) is 5.97 Å². The lowest BCUT2D eigenvalue weighted by Crippen LogP contribution is -2.24. The molecule has 2 nitrogen and oxygen atoms in total. The number of hydrogen-bond donors (Lipinski definition) is 0. The fourth-order valence-electron chi connectivity index (χ4n) is 1.04. The maximum Gasteiger partial charge on any atom is 0.0416 e. The van der Waals surface area contributed by atoms with Crippen molar-refractivity contribution < 1.29 is 9.90 Å². The predicted molar refractivity (Wildman–Crippen MR) is 47.5 cm³/mol. The standard InChI is InChI=1S/C10H18O2/c1-8(2)5-4-6-9(3)7-10(11)12/h5,9H,4,6-7H2,1-3H3,(H,11,12)/p-1/t9-/m0/s1. The molecule has 0 saturated carbocycles. The first-order valence-electron chi connectivity index (χ1n) is 4.35. The largest absolute Gasteiger partial charge is 0.550 e. The van der Waals surface area contributed by atoms with Gasteiger partial charge in [0.1, 0.15) is 0 Å². The van der Waals surface area contributed by atoms with E-state index in [9.17, 15) is 9.90 Å². The van der Waals surface area contributed by atoms with Crippen LogP contribution in [0.25, 0.3) is 0 Å². The Labute approximate surface area is 74.3 Å². The molecule has 0 spiro atoms. The van der Waals surface area contributed by atoms with Crippen LogP contribution in [0.1, 0.15) is 40.0 Å². The highest BCUT2D eigenvalue weighted by Crippen LogP contribution is 2.10. The average Bonchev–Trinajstić information content (AvgIpc) is 1.84. The van der Waals surface area contributed by atoms with Gasteiger partial charge >= 0.3 is 0 Å². The zero-order chi connectivity index (χ0) is 9.56. The molecule has 0 aliphatic heterocycles. The van der Waals surface area contributed by atoms with Crippen molar-refractivity contribution in [2.45, 2.75) is 40.0 Å². The van der Waals surface area contributed by atoms with Gasteiger partial charge in [-0.1, -0.05) is 18.6 Å². The van der Waals surface area contributed by atoms with Crippen molar-refractivity contribution in [3.8, 4) is 0 Å². The van der Waals surface area contributed by atoms with E-state index < -0.39 is 5.97 Å². The number of aliphatic carboxylic acids is 1. The number of carbonyl (C=O) groups excluding carboxylic acids is 1. The minimum absolute atomic E-state index is 0.177. The minimum atomic E-state index is -0.945. The molecule has 0 heterocycles. The molecule has 0 aromatic heterocycles. The van der Waals surface area contributed by atoms with Crippen LogP contribution in [0.5, 0.6) is 0 Å². The Morgan fingerprint density at radius 1 is 1.50 bits per heavy atom. The summed E-state index contributed by atoms with van der Waals surface area (Å²) in [7, 11) is 0. The molecule has 2 heteroatoms. The minimum Gasteiger partial charge on any atom is -0.550 e. The Bertz CT molecular complexity index is 167. The first-order chi connectivity index (χ1) is 5.52. The lowest BCUT2D eigenvalue weighted by atomic mass is 10.0. The monoisotopic (exact) mass is 169 g/mol. The van der Waals surface area contributed by atoms with Crippen LogP contribution in [0.4, 0.5) is 0 Å². The van der Waals surface area contributed by atoms with Gasteiger partial charge in [0.15, 0.2) is 0 Å². The van der Waals surface area contributed by atoms with Gasteiger partial charge in [-0.05, 0) is 39.0 Å². The summed E-state index contributed by atoms with van der Waals surface area (Å²) in [6, 6.07) is 0. The zero-order valence-corrected chi connectivity index (χ0v) is 8.09. The molecule has 0 rings (SSSR count). The van der Waals surface area contributed by atoms with Gasteiger partial charge in [0.2, 0.25) is 0 Å². The number of carboxylic acid groups (broad SMARTS) is 1. The third-order valence-corrected chi connectivity index (χ3v) is 1.73. The molecule has 12 heavy (non-hydrogen) atoms. The fourth-order valence-corrected chi connectivity index (χ4v) is 1.04. The van der Waals surface area contributed by atoms with E-state index in [1.807, 2.05) is 20.8 Å². The third-order valence-electron chi connectivity index (χ3n) is 1.73. The van der Waals surface area contributed by atoms with Gasteiger partial charge in [-0.25, -0.2) is 0 Å². The molecule has 1 atom stereocenters. The molecular weight excluding hydrogens is 152 g/mol. The van der Waals surface area contributed by atoms with Crippen LogP contribution in [-0.2, 0) is 4.79 Å². The van der Waals surface area contributed by atoms with Crippen LogP contribution in [0.15, 0.2) is 11.6 Å². The van der Waals surface area contributed by atoms with E-state index in [-0.39, 0.29) is 12.3 Å². The quantitative estimate of drug-likeness (QED) is 0.585. The molecule has 0 aromatic carbocycles. The highest BCUT2D eigenvalue weighted by Gasteiger charge is 2.00. The van der Waals surface area contributed by atoms with E-state index in [1.54, 1.807) is 0 Å². The average molecular weight is 169 g/mol. The summed E-state index contributed by atoms with van der Waals surface area (Å²) in [5.41, 5.74) is 1.29. The van der Waals surface area contributed by atoms with E-state index in [0.717, 1.165) is 12.8 Å². The SMILES string of the molecule is CC(C)=CCC[C@H](C)CC(=O)[O-]. The van der Waals surface area contributed by atoms with E-state index in [4.69, 9.17) is 0 Å². The van der Waals surface area contributed by atoms with Crippen molar-refractivity contribution in [1.82, 2.24) is 0 Å². The van der Waals surface area contributed by atoms with Gasteiger partial charge < -0.3 is 9.90 Å². The first-order valence-corrected chi connectivity index (χ1v) is 4.35. The summed E-state index contributed by atoms with van der Waals surface area (Å²) in [5.74, 6) is -0.717. The van der Waals surface area contributed by atoms with Crippen LogP contribution in [0, 0.1) is 5.92 Å². The van der Waals surface area contributed by atoms with Gasteiger partial charge in [-0.3, -0.25) is 0 Å². The Hall–Kier alpha value is -0.790. The molecule has 0 fully saturated rings. The van der Waals surface area contributed by atoms with E-state index in [2.05, 4.69) is 6.08 Å². The lowest BCUT2D eigenvalue weighted by molar-refractivity contribution is -0.306. The second-order valence-corrected chi connectivity index (χ2v) is 3.54. The molecule has 0 unspecified atom stereocenters. The normalized spacial score (nSPS) is 12.2. The molecule has 0 aliphatic carbocycles. The molecule has 0 bridgehead atoms. The van der Waals surface area contributed by atoms with E-state index in [1.165, 1.54) is 5.57 Å². The second-order valence-electron chi connectivity index (χ2n) is 3.54.